The maximum absolute atomic E-state index is 14.7. The Labute approximate surface area is 125 Å². The topological polar surface area (TPSA) is 12.0 Å². The van der Waals surface area contributed by atoms with Gasteiger partial charge < -0.3 is 5.32 Å². The van der Waals surface area contributed by atoms with Crippen LogP contribution < -0.4 is 5.32 Å². The van der Waals surface area contributed by atoms with Gasteiger partial charge >= 0.3 is 6.18 Å². The SMILES string of the molecule is FC(F)(F)c1ccc(C(F)(F)C2(CCC3CNC3)CC2)cc1. The van der Waals surface area contributed by atoms with E-state index < -0.39 is 23.1 Å². The minimum atomic E-state index is -4.50. The lowest BCUT2D eigenvalue weighted by Crippen LogP contribution is -2.42. The highest BCUT2D eigenvalue weighted by molar-refractivity contribution is 5.30. The van der Waals surface area contributed by atoms with Crippen LogP contribution in [0.1, 0.15) is 36.8 Å². The summed E-state index contributed by atoms with van der Waals surface area (Å²) in [6, 6.07) is 3.34. The fraction of sp³-hybridized carbons (Fsp3) is 0.625. The summed E-state index contributed by atoms with van der Waals surface area (Å²) in [5, 5.41) is 3.11. The third kappa shape index (κ3) is 2.73. The molecule has 1 N–H and O–H groups in total. The van der Waals surface area contributed by atoms with E-state index in [2.05, 4.69) is 5.32 Å². The average Bonchev–Trinajstić information content (AvgIpc) is 3.18. The largest absolute Gasteiger partial charge is 0.416 e. The van der Waals surface area contributed by atoms with E-state index in [-0.39, 0.29) is 5.56 Å². The Balaban J connectivity index is 1.73. The van der Waals surface area contributed by atoms with E-state index in [9.17, 15) is 22.0 Å². The van der Waals surface area contributed by atoms with Gasteiger partial charge in [-0.05, 0) is 56.8 Å². The van der Waals surface area contributed by atoms with E-state index in [1.807, 2.05) is 0 Å². The lowest BCUT2D eigenvalue weighted by Gasteiger charge is -2.32. The van der Waals surface area contributed by atoms with Crippen LogP contribution in [0, 0.1) is 11.3 Å². The zero-order valence-corrected chi connectivity index (χ0v) is 12.0. The van der Waals surface area contributed by atoms with Crippen molar-refractivity contribution < 1.29 is 22.0 Å². The Kier molecular flexibility index (Phi) is 3.70. The maximum atomic E-state index is 14.7. The second kappa shape index (κ2) is 5.18. The molecule has 1 nitrogen and oxygen atoms in total. The van der Waals surface area contributed by atoms with Crippen LogP contribution >= 0.6 is 0 Å². The van der Waals surface area contributed by atoms with Gasteiger partial charge in [-0.1, -0.05) is 12.1 Å². The van der Waals surface area contributed by atoms with Crippen LogP contribution in [0.25, 0.3) is 0 Å². The van der Waals surface area contributed by atoms with Gasteiger partial charge in [-0.3, -0.25) is 0 Å². The Bertz CT molecular complexity index is 526. The first-order chi connectivity index (χ1) is 10.2. The second-order valence-corrected chi connectivity index (χ2v) is 6.49. The lowest BCUT2D eigenvalue weighted by molar-refractivity contribution is -0.137. The molecule has 0 bridgehead atoms. The third-order valence-electron chi connectivity index (χ3n) is 4.99. The number of halogens is 5. The van der Waals surface area contributed by atoms with Crippen molar-refractivity contribution in [1.82, 2.24) is 5.32 Å². The molecule has 1 aliphatic heterocycles. The molecular weight excluding hydrogens is 301 g/mol. The molecule has 0 unspecified atom stereocenters. The standard InChI is InChI=1S/C16H18F5N/c17-15(18,12-1-3-13(4-2-12)16(19,20)21)14(7-8-14)6-5-11-9-22-10-11/h1-4,11,22H,5-10H2. The molecule has 122 valence electrons. The Morgan fingerprint density at radius 3 is 1.91 bits per heavy atom. The van der Waals surface area contributed by atoms with Crippen LogP contribution in [0.15, 0.2) is 24.3 Å². The van der Waals surface area contributed by atoms with E-state index in [4.69, 9.17) is 0 Å². The summed E-state index contributed by atoms with van der Waals surface area (Å²) < 4.78 is 67.0. The summed E-state index contributed by atoms with van der Waals surface area (Å²) in [6.07, 6.45) is -2.42. The van der Waals surface area contributed by atoms with Gasteiger partial charge in [0.05, 0.1) is 5.56 Å². The number of alkyl halides is 5. The third-order valence-corrected chi connectivity index (χ3v) is 4.99. The van der Waals surface area contributed by atoms with Gasteiger partial charge in [-0.25, -0.2) is 8.78 Å². The van der Waals surface area contributed by atoms with E-state index in [0.717, 1.165) is 43.8 Å². The van der Waals surface area contributed by atoms with Crippen molar-refractivity contribution in [1.29, 1.82) is 0 Å². The predicted molar refractivity (Wildman–Crippen MR) is 72.6 cm³/mol. The van der Waals surface area contributed by atoms with Gasteiger partial charge in [0.2, 0.25) is 0 Å². The van der Waals surface area contributed by atoms with E-state index in [1.54, 1.807) is 0 Å². The smallest absolute Gasteiger partial charge is 0.316 e. The van der Waals surface area contributed by atoms with Crippen molar-refractivity contribution in [2.75, 3.05) is 13.1 Å². The van der Waals surface area contributed by atoms with Crippen LogP contribution in [0.3, 0.4) is 0 Å². The summed E-state index contributed by atoms with van der Waals surface area (Å²) >= 11 is 0. The molecule has 1 aliphatic carbocycles. The number of hydrogen-bond donors (Lipinski definition) is 1. The van der Waals surface area contributed by atoms with Crippen LogP contribution in [0.2, 0.25) is 0 Å². The molecule has 0 atom stereocenters. The van der Waals surface area contributed by atoms with Gasteiger partial charge in [-0.15, -0.1) is 0 Å². The fourth-order valence-corrected chi connectivity index (χ4v) is 3.08. The number of hydrogen-bond acceptors (Lipinski definition) is 1. The molecule has 2 aliphatic rings. The second-order valence-electron chi connectivity index (χ2n) is 6.49. The zero-order chi connectivity index (χ0) is 16.0. The highest BCUT2D eigenvalue weighted by Gasteiger charge is 2.62. The molecule has 1 saturated heterocycles. The summed E-state index contributed by atoms with van der Waals surface area (Å²) in [6.45, 7) is 1.75. The summed E-state index contributed by atoms with van der Waals surface area (Å²) in [4.78, 5) is 0. The van der Waals surface area contributed by atoms with Gasteiger partial charge in [0.1, 0.15) is 0 Å². The number of rotatable bonds is 5. The Morgan fingerprint density at radius 2 is 1.50 bits per heavy atom. The van der Waals surface area contributed by atoms with Crippen LogP contribution in [-0.4, -0.2) is 13.1 Å². The predicted octanol–water partition coefficient (Wildman–Crippen LogP) is 4.58. The highest BCUT2D eigenvalue weighted by atomic mass is 19.4. The first-order valence-corrected chi connectivity index (χ1v) is 7.51. The summed E-state index contributed by atoms with van der Waals surface area (Å²) in [5.74, 6) is -2.60. The van der Waals surface area contributed by atoms with Gasteiger partial charge in [0, 0.05) is 11.0 Å². The molecule has 1 heterocycles. The molecule has 2 fully saturated rings. The van der Waals surface area contributed by atoms with Crippen molar-refractivity contribution in [3.05, 3.63) is 35.4 Å². The van der Waals surface area contributed by atoms with Crippen molar-refractivity contribution in [3.63, 3.8) is 0 Å². The molecule has 3 rings (SSSR count). The quantitative estimate of drug-likeness (QED) is 0.784. The van der Waals surface area contributed by atoms with Crippen molar-refractivity contribution in [3.8, 4) is 0 Å². The van der Waals surface area contributed by atoms with Crippen LogP contribution in [0.4, 0.5) is 22.0 Å². The van der Waals surface area contributed by atoms with Crippen molar-refractivity contribution in [2.24, 2.45) is 11.3 Å². The molecule has 1 saturated carbocycles. The first-order valence-electron chi connectivity index (χ1n) is 7.51. The molecule has 0 radical (unpaired) electrons. The fourth-order valence-electron chi connectivity index (χ4n) is 3.08. The molecule has 6 heteroatoms. The van der Waals surface area contributed by atoms with Crippen LogP contribution in [0.5, 0.6) is 0 Å². The normalized spacial score (nSPS) is 21.5. The lowest BCUT2D eigenvalue weighted by atomic mass is 9.83. The Hall–Kier alpha value is -1.17. The van der Waals surface area contributed by atoms with Crippen LogP contribution in [-0.2, 0) is 12.1 Å². The molecule has 1 aromatic rings. The van der Waals surface area contributed by atoms with E-state index in [1.165, 1.54) is 0 Å². The first kappa shape index (κ1) is 15.7. The monoisotopic (exact) mass is 319 g/mol. The molecular formula is C16H18F5N. The molecule has 0 amide bonds. The van der Waals surface area contributed by atoms with Crippen molar-refractivity contribution >= 4 is 0 Å². The summed E-state index contributed by atoms with van der Waals surface area (Å²) in [5.41, 5.74) is -2.25. The minimum absolute atomic E-state index is 0.301. The minimum Gasteiger partial charge on any atom is -0.316 e. The van der Waals surface area contributed by atoms with E-state index >= 15 is 0 Å². The number of nitrogens with one attached hydrogen (secondary N) is 1. The highest BCUT2D eigenvalue weighted by Crippen LogP contribution is 2.64. The van der Waals surface area contributed by atoms with Gasteiger partial charge in [-0.2, -0.15) is 13.2 Å². The van der Waals surface area contributed by atoms with E-state index in [0.29, 0.717) is 25.2 Å². The molecule has 22 heavy (non-hydrogen) atoms. The zero-order valence-electron chi connectivity index (χ0n) is 12.0. The van der Waals surface area contributed by atoms with Gasteiger partial charge in [0.25, 0.3) is 5.92 Å². The Morgan fingerprint density at radius 1 is 0.955 bits per heavy atom. The molecule has 0 spiro atoms. The average molecular weight is 319 g/mol. The van der Waals surface area contributed by atoms with Gasteiger partial charge in [0.15, 0.2) is 0 Å². The number of benzene rings is 1. The molecule has 1 aromatic carbocycles. The maximum Gasteiger partial charge on any atom is 0.416 e. The van der Waals surface area contributed by atoms with Crippen molar-refractivity contribution in [2.45, 2.75) is 37.8 Å². The molecule has 0 aromatic heterocycles. The summed E-state index contributed by atoms with van der Waals surface area (Å²) in [7, 11) is 0.